The molecule has 2 aromatic carbocycles. The Morgan fingerprint density at radius 3 is 2.38 bits per heavy atom. The highest BCUT2D eigenvalue weighted by Crippen LogP contribution is 2.17. The predicted molar refractivity (Wildman–Crippen MR) is 100 cm³/mol. The van der Waals surface area contributed by atoms with Gasteiger partial charge >= 0.3 is 0 Å². The van der Waals surface area contributed by atoms with Crippen LogP contribution in [-0.4, -0.2) is 30.3 Å². The number of carbonyl (C=O) groups is 2. The quantitative estimate of drug-likeness (QED) is 0.787. The summed E-state index contributed by atoms with van der Waals surface area (Å²) in [7, 11) is 1.80. The molecule has 0 radical (unpaired) electrons. The molecule has 2 aromatic rings. The van der Waals surface area contributed by atoms with E-state index in [0.29, 0.717) is 16.8 Å². The Morgan fingerprint density at radius 2 is 1.75 bits per heavy atom. The Hall–Kier alpha value is -2.14. The first-order chi connectivity index (χ1) is 11.5. The van der Waals surface area contributed by atoms with Crippen LogP contribution in [0.2, 0.25) is 0 Å². The summed E-state index contributed by atoms with van der Waals surface area (Å²) in [6, 6.07) is 14.1. The van der Waals surface area contributed by atoms with Crippen LogP contribution in [0.25, 0.3) is 0 Å². The van der Waals surface area contributed by atoms with Crippen molar-refractivity contribution in [2.75, 3.05) is 18.9 Å². The third-order valence-electron chi connectivity index (χ3n) is 3.67. The molecule has 0 unspecified atom stereocenters. The molecule has 4 nitrogen and oxygen atoms in total. The topological polar surface area (TPSA) is 49.4 Å². The maximum atomic E-state index is 12.3. The van der Waals surface area contributed by atoms with Gasteiger partial charge in [0.2, 0.25) is 0 Å². The lowest BCUT2D eigenvalue weighted by atomic mass is 10.1. The van der Waals surface area contributed by atoms with Crippen LogP contribution in [-0.2, 0) is 0 Å². The number of nitrogens with one attached hydrogen (secondary N) is 1. The van der Waals surface area contributed by atoms with Gasteiger partial charge in [0.15, 0.2) is 0 Å². The third kappa shape index (κ3) is 4.93. The van der Waals surface area contributed by atoms with Crippen LogP contribution in [0.4, 0.5) is 5.69 Å². The van der Waals surface area contributed by atoms with E-state index in [2.05, 4.69) is 28.2 Å². The van der Waals surface area contributed by atoms with Crippen molar-refractivity contribution in [1.82, 2.24) is 4.90 Å². The van der Waals surface area contributed by atoms with Gasteiger partial charge in [-0.2, -0.15) is 0 Å². The van der Waals surface area contributed by atoms with Gasteiger partial charge in [0.25, 0.3) is 11.8 Å². The van der Waals surface area contributed by atoms with Crippen molar-refractivity contribution >= 4 is 33.4 Å². The summed E-state index contributed by atoms with van der Waals surface area (Å²) in [5.41, 5.74) is 1.82. The van der Waals surface area contributed by atoms with E-state index in [0.717, 1.165) is 23.9 Å². The fourth-order valence-electron chi connectivity index (χ4n) is 2.25. The molecular weight excluding hydrogens is 368 g/mol. The number of unbranched alkanes of at least 4 members (excludes halogenated alkanes) is 1. The monoisotopic (exact) mass is 388 g/mol. The average molecular weight is 389 g/mol. The van der Waals surface area contributed by atoms with Crippen molar-refractivity contribution in [1.29, 1.82) is 0 Å². The van der Waals surface area contributed by atoms with E-state index in [1.54, 1.807) is 36.2 Å². The minimum absolute atomic E-state index is 0.0256. The molecule has 0 aromatic heterocycles. The molecule has 0 bridgehead atoms. The Labute approximate surface area is 151 Å². The summed E-state index contributed by atoms with van der Waals surface area (Å²) in [5.74, 6) is -0.228. The lowest BCUT2D eigenvalue weighted by molar-refractivity contribution is 0.0792. The van der Waals surface area contributed by atoms with Crippen molar-refractivity contribution < 1.29 is 9.59 Å². The van der Waals surface area contributed by atoms with Crippen LogP contribution in [0, 0.1) is 0 Å². The zero-order valence-corrected chi connectivity index (χ0v) is 15.5. The van der Waals surface area contributed by atoms with Crippen LogP contribution < -0.4 is 5.32 Å². The van der Waals surface area contributed by atoms with Gasteiger partial charge in [-0.15, -0.1) is 0 Å². The summed E-state index contributed by atoms with van der Waals surface area (Å²) >= 11 is 3.37. The van der Waals surface area contributed by atoms with Crippen molar-refractivity contribution in [3.05, 3.63) is 64.1 Å². The van der Waals surface area contributed by atoms with Crippen molar-refractivity contribution in [2.24, 2.45) is 0 Å². The number of carbonyl (C=O) groups excluding carboxylic acids is 2. The van der Waals surface area contributed by atoms with Gasteiger partial charge in [-0.05, 0) is 48.9 Å². The number of benzene rings is 2. The van der Waals surface area contributed by atoms with Crippen LogP contribution in [0.15, 0.2) is 53.0 Å². The van der Waals surface area contributed by atoms with Crippen molar-refractivity contribution in [3.8, 4) is 0 Å². The molecule has 5 heteroatoms. The number of hydrogen-bond donors (Lipinski definition) is 1. The van der Waals surface area contributed by atoms with Gasteiger partial charge in [-0.25, -0.2) is 0 Å². The first-order valence-electron chi connectivity index (χ1n) is 7.93. The first kappa shape index (κ1) is 18.2. The highest BCUT2D eigenvalue weighted by molar-refractivity contribution is 9.10. The molecular formula is C19H21BrN2O2. The first-order valence-corrected chi connectivity index (χ1v) is 8.73. The van der Waals surface area contributed by atoms with E-state index in [9.17, 15) is 9.59 Å². The molecule has 0 aliphatic rings. The molecule has 0 aliphatic heterocycles. The van der Waals surface area contributed by atoms with E-state index < -0.39 is 0 Å². The SMILES string of the molecule is CCCCN(C)C(=O)c1ccc(C(=O)Nc2cccc(Br)c2)cc1. The average Bonchev–Trinajstić information content (AvgIpc) is 2.59. The summed E-state index contributed by atoms with van der Waals surface area (Å²) < 4.78 is 0.899. The lowest BCUT2D eigenvalue weighted by Gasteiger charge is -2.16. The van der Waals surface area contributed by atoms with E-state index in [-0.39, 0.29) is 11.8 Å². The van der Waals surface area contributed by atoms with E-state index in [1.807, 2.05) is 24.3 Å². The fourth-order valence-corrected chi connectivity index (χ4v) is 2.65. The Kier molecular flexibility index (Phi) is 6.55. The van der Waals surface area contributed by atoms with Gasteiger partial charge in [0, 0.05) is 34.9 Å². The Bertz CT molecular complexity index is 714. The minimum atomic E-state index is -0.202. The van der Waals surface area contributed by atoms with Gasteiger partial charge in [0.1, 0.15) is 0 Å². The van der Waals surface area contributed by atoms with Crippen LogP contribution in [0.3, 0.4) is 0 Å². The summed E-state index contributed by atoms with van der Waals surface area (Å²) in [6.07, 6.45) is 2.03. The molecule has 0 heterocycles. The molecule has 24 heavy (non-hydrogen) atoms. The highest BCUT2D eigenvalue weighted by atomic mass is 79.9. The molecule has 0 saturated heterocycles. The van der Waals surface area contributed by atoms with E-state index >= 15 is 0 Å². The molecule has 0 saturated carbocycles. The number of rotatable bonds is 6. The lowest BCUT2D eigenvalue weighted by Crippen LogP contribution is -2.27. The largest absolute Gasteiger partial charge is 0.342 e. The van der Waals surface area contributed by atoms with Crippen LogP contribution >= 0.6 is 15.9 Å². The van der Waals surface area contributed by atoms with Gasteiger partial charge in [-0.1, -0.05) is 35.3 Å². The summed E-state index contributed by atoms with van der Waals surface area (Å²) in [6.45, 7) is 2.83. The standard InChI is InChI=1S/C19H21BrN2O2/c1-3-4-12-22(2)19(24)15-10-8-14(9-11-15)18(23)21-17-7-5-6-16(20)13-17/h5-11,13H,3-4,12H2,1-2H3,(H,21,23). The number of anilines is 1. The fraction of sp³-hybridized carbons (Fsp3) is 0.263. The Balaban J connectivity index is 2.03. The van der Waals surface area contributed by atoms with E-state index in [1.165, 1.54) is 0 Å². The smallest absolute Gasteiger partial charge is 0.255 e. The van der Waals surface area contributed by atoms with Crippen molar-refractivity contribution in [3.63, 3.8) is 0 Å². The predicted octanol–water partition coefficient (Wildman–Crippen LogP) is 4.57. The molecule has 1 N–H and O–H groups in total. The zero-order chi connectivity index (χ0) is 17.5. The maximum absolute atomic E-state index is 12.3. The second-order valence-electron chi connectivity index (χ2n) is 5.62. The normalized spacial score (nSPS) is 10.3. The number of halogens is 1. The summed E-state index contributed by atoms with van der Waals surface area (Å²) in [4.78, 5) is 26.2. The second-order valence-corrected chi connectivity index (χ2v) is 6.54. The van der Waals surface area contributed by atoms with E-state index in [4.69, 9.17) is 0 Å². The van der Waals surface area contributed by atoms with Crippen LogP contribution in [0.5, 0.6) is 0 Å². The number of hydrogen-bond acceptors (Lipinski definition) is 2. The number of nitrogens with zero attached hydrogens (tertiary/aromatic N) is 1. The molecule has 2 amide bonds. The molecule has 0 spiro atoms. The minimum Gasteiger partial charge on any atom is -0.342 e. The van der Waals surface area contributed by atoms with Gasteiger partial charge in [0.05, 0.1) is 0 Å². The molecule has 0 aliphatic carbocycles. The molecule has 0 fully saturated rings. The highest BCUT2D eigenvalue weighted by Gasteiger charge is 2.12. The maximum Gasteiger partial charge on any atom is 0.255 e. The van der Waals surface area contributed by atoms with Gasteiger partial charge < -0.3 is 10.2 Å². The molecule has 126 valence electrons. The Morgan fingerprint density at radius 1 is 1.08 bits per heavy atom. The number of amides is 2. The second kappa shape index (κ2) is 8.64. The van der Waals surface area contributed by atoms with Crippen LogP contribution in [0.1, 0.15) is 40.5 Å². The molecule has 0 atom stereocenters. The van der Waals surface area contributed by atoms with Crippen molar-refractivity contribution in [2.45, 2.75) is 19.8 Å². The molecule has 2 rings (SSSR count). The van der Waals surface area contributed by atoms with Gasteiger partial charge in [-0.3, -0.25) is 9.59 Å². The third-order valence-corrected chi connectivity index (χ3v) is 4.16. The zero-order valence-electron chi connectivity index (χ0n) is 13.9. The summed E-state index contributed by atoms with van der Waals surface area (Å²) in [5, 5.41) is 2.83.